The Kier molecular flexibility index (Phi) is 2.28. The fraction of sp³-hybridized carbons (Fsp3) is 0.455. The highest BCUT2D eigenvalue weighted by Crippen LogP contribution is 2.21. The normalized spacial score (nSPS) is 17.6. The molecule has 0 unspecified atom stereocenters. The number of oxime groups is 1. The third-order valence-corrected chi connectivity index (χ3v) is 3.08. The second-order valence-corrected chi connectivity index (χ2v) is 4.11. The Balaban J connectivity index is 2.27. The zero-order chi connectivity index (χ0) is 11.8. The number of fused-ring (bicyclic) bond motifs is 3. The van der Waals surface area contributed by atoms with E-state index in [0.29, 0.717) is 11.5 Å². The molecule has 6 heteroatoms. The molecule has 0 saturated carbocycles. The van der Waals surface area contributed by atoms with E-state index in [1.165, 1.54) is 0 Å². The fourth-order valence-corrected chi connectivity index (χ4v) is 2.21. The Hall–Kier alpha value is -1.98. The van der Waals surface area contributed by atoms with Crippen molar-refractivity contribution in [1.29, 1.82) is 0 Å². The summed E-state index contributed by atoms with van der Waals surface area (Å²) in [6.45, 7) is 2.02. The van der Waals surface area contributed by atoms with E-state index in [1.54, 1.807) is 10.7 Å². The van der Waals surface area contributed by atoms with Crippen molar-refractivity contribution in [2.75, 3.05) is 0 Å². The Morgan fingerprint density at radius 2 is 2.35 bits per heavy atom. The zero-order valence-corrected chi connectivity index (χ0v) is 9.59. The second kappa shape index (κ2) is 3.80. The Labute approximate surface area is 98.0 Å². The van der Waals surface area contributed by atoms with E-state index in [9.17, 15) is 0 Å². The third kappa shape index (κ3) is 1.48. The van der Waals surface area contributed by atoms with Crippen molar-refractivity contribution in [3.05, 3.63) is 23.3 Å². The van der Waals surface area contributed by atoms with Crippen molar-refractivity contribution in [2.24, 2.45) is 5.16 Å². The van der Waals surface area contributed by atoms with Gasteiger partial charge in [-0.25, -0.2) is 9.50 Å². The lowest BCUT2D eigenvalue weighted by Gasteiger charge is -2.16. The first-order valence-electron chi connectivity index (χ1n) is 5.78. The summed E-state index contributed by atoms with van der Waals surface area (Å²) in [7, 11) is 0. The van der Waals surface area contributed by atoms with Gasteiger partial charge in [0.15, 0.2) is 5.82 Å². The van der Waals surface area contributed by atoms with Crippen LogP contribution in [0.4, 0.5) is 0 Å². The number of aryl methyl sites for hydroxylation is 2. The van der Waals surface area contributed by atoms with Crippen LogP contribution < -0.4 is 0 Å². The van der Waals surface area contributed by atoms with Gasteiger partial charge in [-0.1, -0.05) is 12.1 Å². The van der Waals surface area contributed by atoms with Crippen molar-refractivity contribution in [2.45, 2.75) is 32.6 Å². The van der Waals surface area contributed by atoms with Crippen LogP contribution >= 0.6 is 0 Å². The maximum atomic E-state index is 8.98. The number of hydrogen-bond donors (Lipinski definition) is 1. The highest BCUT2D eigenvalue weighted by molar-refractivity contribution is 6.01. The number of aromatic nitrogens is 4. The maximum Gasteiger partial charge on any atom is 0.252 e. The molecule has 0 aliphatic heterocycles. The molecule has 1 aliphatic rings. The molecule has 0 bridgehead atoms. The zero-order valence-electron chi connectivity index (χ0n) is 9.59. The third-order valence-electron chi connectivity index (χ3n) is 3.08. The molecule has 3 rings (SSSR count). The molecule has 0 amide bonds. The molecule has 0 fully saturated rings. The average Bonchev–Trinajstić information content (AvgIpc) is 2.81. The van der Waals surface area contributed by atoms with Crippen LogP contribution in [-0.4, -0.2) is 30.5 Å². The Morgan fingerprint density at radius 1 is 1.47 bits per heavy atom. The molecular weight excluding hydrogens is 218 g/mol. The van der Waals surface area contributed by atoms with Gasteiger partial charge in [0, 0.05) is 18.2 Å². The van der Waals surface area contributed by atoms with Crippen LogP contribution in [0, 0.1) is 0 Å². The molecule has 0 atom stereocenters. The quantitative estimate of drug-likeness (QED) is 0.591. The van der Waals surface area contributed by atoms with Gasteiger partial charge < -0.3 is 5.21 Å². The minimum atomic E-state index is 0.625. The van der Waals surface area contributed by atoms with Gasteiger partial charge in [-0.15, -0.1) is 5.10 Å². The molecule has 1 N–H and O–H groups in total. The van der Waals surface area contributed by atoms with Crippen molar-refractivity contribution >= 4 is 11.5 Å². The number of nitrogens with zero attached hydrogens (tertiary/aromatic N) is 5. The predicted molar refractivity (Wildman–Crippen MR) is 61.4 cm³/mol. The molecule has 0 aromatic carbocycles. The van der Waals surface area contributed by atoms with Crippen molar-refractivity contribution in [1.82, 2.24) is 19.6 Å². The first kappa shape index (κ1) is 10.2. The van der Waals surface area contributed by atoms with E-state index < -0.39 is 0 Å². The molecule has 88 valence electrons. The van der Waals surface area contributed by atoms with E-state index in [1.807, 2.05) is 6.92 Å². The van der Waals surface area contributed by atoms with E-state index in [-0.39, 0.29) is 0 Å². The fourth-order valence-electron chi connectivity index (χ4n) is 2.21. The summed E-state index contributed by atoms with van der Waals surface area (Å²) in [6, 6.07) is 0. The van der Waals surface area contributed by atoms with Crippen LogP contribution in [-0.2, 0) is 12.8 Å². The standard InChI is InChI=1S/C11H13N5O/c1-2-10-13-11-12-6-7-8(15-17)4-3-5-9(7)16(11)14-10/h6,17H,2-5H2,1H3/b15-8-. The molecular formula is C11H13N5O. The number of hydrogen-bond acceptors (Lipinski definition) is 5. The van der Waals surface area contributed by atoms with Crippen molar-refractivity contribution < 1.29 is 5.21 Å². The molecule has 2 aromatic rings. The van der Waals surface area contributed by atoms with Gasteiger partial charge in [0.1, 0.15) is 0 Å². The molecule has 6 nitrogen and oxygen atoms in total. The lowest BCUT2D eigenvalue weighted by molar-refractivity contribution is 0.317. The molecule has 2 aromatic heterocycles. The molecule has 17 heavy (non-hydrogen) atoms. The van der Waals surface area contributed by atoms with Crippen LogP contribution in [0.15, 0.2) is 11.4 Å². The summed E-state index contributed by atoms with van der Waals surface area (Å²) < 4.78 is 1.78. The lowest BCUT2D eigenvalue weighted by atomic mass is 9.95. The Morgan fingerprint density at radius 3 is 3.12 bits per heavy atom. The summed E-state index contributed by atoms with van der Waals surface area (Å²) in [4.78, 5) is 8.59. The van der Waals surface area contributed by atoms with Crippen LogP contribution in [0.25, 0.3) is 5.78 Å². The van der Waals surface area contributed by atoms with Crippen LogP contribution in [0.5, 0.6) is 0 Å². The minimum Gasteiger partial charge on any atom is -0.411 e. The monoisotopic (exact) mass is 231 g/mol. The summed E-state index contributed by atoms with van der Waals surface area (Å²) >= 11 is 0. The van der Waals surface area contributed by atoms with Crippen LogP contribution in [0.3, 0.4) is 0 Å². The molecule has 0 saturated heterocycles. The molecule has 1 aliphatic carbocycles. The van der Waals surface area contributed by atoms with E-state index in [0.717, 1.165) is 42.8 Å². The second-order valence-electron chi connectivity index (χ2n) is 4.11. The molecule has 0 spiro atoms. The van der Waals surface area contributed by atoms with Crippen LogP contribution in [0.2, 0.25) is 0 Å². The summed E-state index contributed by atoms with van der Waals surface area (Å²) in [5.41, 5.74) is 2.62. The first-order chi connectivity index (χ1) is 8.33. The largest absolute Gasteiger partial charge is 0.411 e. The minimum absolute atomic E-state index is 0.625. The smallest absolute Gasteiger partial charge is 0.252 e. The van der Waals surface area contributed by atoms with Gasteiger partial charge in [-0.05, 0) is 19.3 Å². The summed E-state index contributed by atoms with van der Waals surface area (Å²) in [6.07, 6.45) is 5.19. The Bertz CT molecular complexity index is 601. The van der Waals surface area contributed by atoms with Crippen LogP contribution in [0.1, 0.15) is 36.8 Å². The van der Waals surface area contributed by atoms with Crippen molar-refractivity contribution in [3.8, 4) is 0 Å². The highest BCUT2D eigenvalue weighted by atomic mass is 16.4. The first-order valence-corrected chi connectivity index (χ1v) is 5.78. The van der Waals surface area contributed by atoms with Gasteiger partial charge in [-0.2, -0.15) is 4.98 Å². The van der Waals surface area contributed by atoms with Gasteiger partial charge in [-0.3, -0.25) is 0 Å². The maximum absolute atomic E-state index is 8.98. The molecule has 0 radical (unpaired) electrons. The predicted octanol–water partition coefficient (Wildman–Crippen LogP) is 1.20. The van der Waals surface area contributed by atoms with Gasteiger partial charge in [0.05, 0.1) is 11.4 Å². The summed E-state index contributed by atoms with van der Waals surface area (Å²) in [5, 5.41) is 16.7. The van der Waals surface area contributed by atoms with E-state index in [4.69, 9.17) is 5.21 Å². The van der Waals surface area contributed by atoms with Gasteiger partial charge >= 0.3 is 0 Å². The SMILES string of the molecule is CCc1nc2ncc3c(n2n1)CCC/C3=N/O. The lowest BCUT2D eigenvalue weighted by Crippen LogP contribution is -2.17. The van der Waals surface area contributed by atoms with E-state index in [2.05, 4.69) is 20.2 Å². The van der Waals surface area contributed by atoms with Gasteiger partial charge in [0.2, 0.25) is 0 Å². The average molecular weight is 231 g/mol. The van der Waals surface area contributed by atoms with Crippen molar-refractivity contribution in [3.63, 3.8) is 0 Å². The van der Waals surface area contributed by atoms with E-state index >= 15 is 0 Å². The number of rotatable bonds is 1. The molecule has 2 heterocycles. The van der Waals surface area contributed by atoms with Gasteiger partial charge in [0.25, 0.3) is 5.78 Å². The summed E-state index contributed by atoms with van der Waals surface area (Å²) in [5.74, 6) is 1.42. The highest BCUT2D eigenvalue weighted by Gasteiger charge is 2.20. The topological polar surface area (TPSA) is 75.7 Å².